The molecule has 0 bridgehead atoms. The molecule has 0 radical (unpaired) electrons. The fraction of sp³-hybridized carbons (Fsp3) is 0.600. The molecule has 1 rings (SSSR count). The summed E-state index contributed by atoms with van der Waals surface area (Å²) in [5.74, 6) is -1.89. The van der Waals surface area contributed by atoms with Gasteiger partial charge < -0.3 is 9.84 Å². The highest BCUT2D eigenvalue weighted by Crippen LogP contribution is 2.22. The van der Waals surface area contributed by atoms with E-state index < -0.39 is 17.7 Å². The van der Waals surface area contributed by atoms with Gasteiger partial charge in [0.2, 0.25) is 0 Å². The molecule has 1 aromatic carbocycles. The van der Waals surface area contributed by atoms with E-state index in [4.69, 9.17) is 4.74 Å². The first kappa shape index (κ1) is 17.0. The number of aliphatic hydroxyl groups excluding tert-OH is 1. The fourth-order valence-corrected chi connectivity index (χ4v) is 2.26. The molecular formula is C15H23F2NO2. The molecule has 0 aliphatic rings. The molecule has 0 saturated carbocycles. The summed E-state index contributed by atoms with van der Waals surface area (Å²) in [5.41, 5.74) is 0.0143. The highest BCUT2D eigenvalue weighted by Gasteiger charge is 2.18. The zero-order valence-corrected chi connectivity index (χ0v) is 12.3. The molecule has 0 aliphatic carbocycles. The maximum Gasteiger partial charge on any atom is 0.164 e. The Morgan fingerprint density at radius 1 is 1.35 bits per heavy atom. The van der Waals surface area contributed by atoms with Crippen LogP contribution in [0.2, 0.25) is 0 Å². The monoisotopic (exact) mass is 287 g/mol. The van der Waals surface area contributed by atoms with Gasteiger partial charge in [0.15, 0.2) is 11.6 Å². The first-order valence-electron chi connectivity index (χ1n) is 6.86. The van der Waals surface area contributed by atoms with Crippen molar-refractivity contribution in [2.45, 2.75) is 32.4 Å². The lowest BCUT2D eigenvalue weighted by Gasteiger charge is -2.28. The average molecular weight is 287 g/mol. The van der Waals surface area contributed by atoms with Crippen molar-refractivity contribution in [1.29, 1.82) is 0 Å². The zero-order valence-electron chi connectivity index (χ0n) is 12.3. The van der Waals surface area contributed by atoms with Crippen molar-refractivity contribution >= 4 is 0 Å². The van der Waals surface area contributed by atoms with E-state index in [9.17, 15) is 13.9 Å². The molecular weight excluding hydrogens is 264 g/mol. The van der Waals surface area contributed by atoms with Gasteiger partial charge in [0.25, 0.3) is 0 Å². The van der Waals surface area contributed by atoms with Crippen LogP contribution in [0.3, 0.4) is 0 Å². The largest absolute Gasteiger partial charge is 0.388 e. The van der Waals surface area contributed by atoms with Crippen molar-refractivity contribution in [3.8, 4) is 0 Å². The van der Waals surface area contributed by atoms with Crippen LogP contribution in [0.15, 0.2) is 18.2 Å². The topological polar surface area (TPSA) is 32.7 Å². The first-order valence-corrected chi connectivity index (χ1v) is 6.86. The quantitative estimate of drug-likeness (QED) is 0.798. The smallest absolute Gasteiger partial charge is 0.164 e. The SMILES string of the molecule is CCN(CCC(O)c1cccc(F)c1F)C(C)COC. The van der Waals surface area contributed by atoms with Crippen LogP contribution >= 0.6 is 0 Å². The van der Waals surface area contributed by atoms with Gasteiger partial charge in [-0.15, -0.1) is 0 Å². The van der Waals surface area contributed by atoms with Gasteiger partial charge in [0.05, 0.1) is 12.7 Å². The lowest BCUT2D eigenvalue weighted by atomic mass is 10.1. The molecule has 5 heteroatoms. The van der Waals surface area contributed by atoms with Crippen LogP contribution in [0.1, 0.15) is 31.9 Å². The van der Waals surface area contributed by atoms with Crippen molar-refractivity contribution in [2.75, 3.05) is 26.8 Å². The van der Waals surface area contributed by atoms with Crippen LogP contribution in [-0.2, 0) is 4.74 Å². The fourth-order valence-electron chi connectivity index (χ4n) is 2.26. The third kappa shape index (κ3) is 4.51. The van der Waals surface area contributed by atoms with Gasteiger partial charge in [-0.25, -0.2) is 8.78 Å². The van der Waals surface area contributed by atoms with Crippen LogP contribution in [0, 0.1) is 11.6 Å². The highest BCUT2D eigenvalue weighted by molar-refractivity contribution is 5.21. The summed E-state index contributed by atoms with van der Waals surface area (Å²) >= 11 is 0. The van der Waals surface area contributed by atoms with Gasteiger partial charge in [-0.05, 0) is 26.0 Å². The van der Waals surface area contributed by atoms with Crippen molar-refractivity contribution in [1.82, 2.24) is 4.90 Å². The number of aliphatic hydroxyl groups is 1. The van der Waals surface area contributed by atoms with Gasteiger partial charge in [-0.3, -0.25) is 4.90 Å². The molecule has 0 aromatic heterocycles. The third-order valence-corrected chi connectivity index (χ3v) is 3.47. The second-order valence-corrected chi connectivity index (χ2v) is 4.88. The van der Waals surface area contributed by atoms with Crippen molar-refractivity contribution in [3.05, 3.63) is 35.4 Å². The molecule has 0 spiro atoms. The van der Waals surface area contributed by atoms with Gasteiger partial charge in [-0.1, -0.05) is 19.1 Å². The molecule has 20 heavy (non-hydrogen) atoms. The molecule has 1 N–H and O–H groups in total. The summed E-state index contributed by atoms with van der Waals surface area (Å²) in [7, 11) is 1.64. The number of ether oxygens (including phenoxy) is 1. The van der Waals surface area contributed by atoms with E-state index in [0.29, 0.717) is 19.6 Å². The lowest BCUT2D eigenvalue weighted by Crippen LogP contribution is -2.37. The molecule has 1 aromatic rings. The highest BCUT2D eigenvalue weighted by atomic mass is 19.2. The standard InChI is InChI=1S/C15H23F2NO2/c1-4-18(11(2)10-20-3)9-8-14(19)12-6-5-7-13(16)15(12)17/h5-7,11,14,19H,4,8-10H2,1-3H3. The molecule has 0 heterocycles. The predicted octanol–water partition coefficient (Wildman–Crippen LogP) is 2.75. The lowest BCUT2D eigenvalue weighted by molar-refractivity contribution is 0.0831. The molecule has 0 fully saturated rings. The van der Waals surface area contributed by atoms with Gasteiger partial charge in [0, 0.05) is 25.3 Å². The van der Waals surface area contributed by atoms with E-state index in [-0.39, 0.29) is 11.6 Å². The minimum absolute atomic E-state index is 0.0143. The Bertz CT molecular complexity index is 415. The maximum absolute atomic E-state index is 13.6. The number of nitrogens with zero attached hydrogens (tertiary/aromatic N) is 1. The van der Waals surface area contributed by atoms with E-state index in [1.54, 1.807) is 7.11 Å². The van der Waals surface area contributed by atoms with Crippen LogP contribution < -0.4 is 0 Å². The third-order valence-electron chi connectivity index (χ3n) is 3.47. The molecule has 3 nitrogen and oxygen atoms in total. The van der Waals surface area contributed by atoms with Crippen LogP contribution in [0.4, 0.5) is 8.78 Å². The number of benzene rings is 1. The summed E-state index contributed by atoms with van der Waals surface area (Å²) < 4.78 is 31.8. The summed E-state index contributed by atoms with van der Waals surface area (Å²) in [6, 6.07) is 4.08. The molecule has 2 atom stereocenters. The molecule has 0 aliphatic heterocycles. The second kappa shape index (κ2) is 8.29. The average Bonchev–Trinajstić information content (AvgIpc) is 2.42. The van der Waals surface area contributed by atoms with Crippen molar-refractivity contribution in [2.24, 2.45) is 0 Å². The number of hydrogen-bond donors (Lipinski definition) is 1. The van der Waals surface area contributed by atoms with E-state index in [1.165, 1.54) is 12.1 Å². The van der Waals surface area contributed by atoms with Crippen LogP contribution in [-0.4, -0.2) is 42.9 Å². The molecule has 114 valence electrons. The van der Waals surface area contributed by atoms with Gasteiger partial charge >= 0.3 is 0 Å². The van der Waals surface area contributed by atoms with Gasteiger partial charge in [-0.2, -0.15) is 0 Å². The van der Waals surface area contributed by atoms with Crippen molar-refractivity contribution < 1.29 is 18.6 Å². The Hall–Kier alpha value is -1.04. The number of likely N-dealkylation sites (N-methyl/N-ethyl adjacent to an activating group) is 1. The molecule has 2 unspecified atom stereocenters. The number of halogens is 2. The normalized spacial score (nSPS) is 14.6. The van der Waals surface area contributed by atoms with E-state index in [1.807, 2.05) is 13.8 Å². The predicted molar refractivity (Wildman–Crippen MR) is 74.5 cm³/mol. The number of hydrogen-bond acceptors (Lipinski definition) is 3. The summed E-state index contributed by atoms with van der Waals surface area (Å²) in [6.07, 6.45) is -0.656. The number of methoxy groups -OCH3 is 1. The van der Waals surface area contributed by atoms with E-state index in [0.717, 1.165) is 12.6 Å². The summed E-state index contributed by atoms with van der Waals surface area (Å²) in [5, 5.41) is 10.0. The minimum Gasteiger partial charge on any atom is -0.388 e. The number of rotatable bonds is 8. The Morgan fingerprint density at radius 3 is 2.65 bits per heavy atom. The van der Waals surface area contributed by atoms with Crippen LogP contribution in [0.25, 0.3) is 0 Å². The Balaban J connectivity index is 2.61. The van der Waals surface area contributed by atoms with E-state index >= 15 is 0 Å². The summed E-state index contributed by atoms with van der Waals surface area (Å²) in [6.45, 7) is 6.04. The Morgan fingerprint density at radius 2 is 2.05 bits per heavy atom. The summed E-state index contributed by atoms with van der Waals surface area (Å²) in [4.78, 5) is 2.13. The first-order chi connectivity index (χ1) is 9.51. The Kier molecular flexibility index (Phi) is 7.05. The molecule has 0 amide bonds. The zero-order chi connectivity index (χ0) is 15.1. The minimum atomic E-state index is -1.01. The van der Waals surface area contributed by atoms with E-state index in [2.05, 4.69) is 4.90 Å². The Labute approximate surface area is 119 Å². The van der Waals surface area contributed by atoms with Crippen LogP contribution in [0.5, 0.6) is 0 Å². The molecule has 0 saturated heterocycles. The van der Waals surface area contributed by atoms with Gasteiger partial charge in [0.1, 0.15) is 0 Å². The second-order valence-electron chi connectivity index (χ2n) is 4.88. The maximum atomic E-state index is 13.6. The van der Waals surface area contributed by atoms with Crippen molar-refractivity contribution in [3.63, 3.8) is 0 Å².